The lowest BCUT2D eigenvalue weighted by Crippen LogP contribution is -2.23. The topological polar surface area (TPSA) is 130 Å². The van der Waals surface area contributed by atoms with Gasteiger partial charge in [-0.15, -0.1) is 10.8 Å². The van der Waals surface area contributed by atoms with Crippen LogP contribution < -0.4 is 10.9 Å². The minimum atomic E-state index is -2.93. The van der Waals surface area contributed by atoms with Gasteiger partial charge in [-0.25, -0.2) is 4.31 Å². The fourth-order valence-corrected chi connectivity index (χ4v) is 6.06. The highest BCUT2D eigenvalue weighted by Gasteiger charge is 2.33. The van der Waals surface area contributed by atoms with Gasteiger partial charge in [0.15, 0.2) is 5.82 Å². The minimum absolute atomic E-state index is 0.0692. The van der Waals surface area contributed by atoms with E-state index in [1.54, 1.807) is 25.4 Å². The number of aromatic nitrogens is 3. The molecule has 1 aliphatic carbocycles. The molecule has 0 unspecified atom stereocenters. The van der Waals surface area contributed by atoms with E-state index in [0.717, 1.165) is 31.2 Å². The number of anilines is 2. The number of fused-ring (bicyclic) bond motifs is 2. The molecule has 1 fully saturated rings. The van der Waals surface area contributed by atoms with E-state index in [-0.39, 0.29) is 17.5 Å². The first-order chi connectivity index (χ1) is 14.9. The van der Waals surface area contributed by atoms with Crippen molar-refractivity contribution in [1.82, 2.24) is 19.1 Å². The van der Waals surface area contributed by atoms with Crippen LogP contribution >= 0.6 is 10.8 Å². The summed E-state index contributed by atoms with van der Waals surface area (Å²) in [7, 11) is -1.26. The number of hydrogen-bond donors (Lipinski definition) is 4. The number of pyridine rings is 1. The summed E-state index contributed by atoms with van der Waals surface area (Å²) in [5.41, 5.74) is 1.99. The molecular formula is C21H24N6O3S. The van der Waals surface area contributed by atoms with Crippen molar-refractivity contribution in [3.8, 4) is 6.07 Å². The van der Waals surface area contributed by atoms with Crippen molar-refractivity contribution in [1.29, 1.82) is 5.26 Å². The van der Waals surface area contributed by atoms with Crippen molar-refractivity contribution in [2.24, 2.45) is 5.92 Å². The maximum absolute atomic E-state index is 12.7. The van der Waals surface area contributed by atoms with Crippen LogP contribution in [-0.2, 0) is 6.54 Å². The summed E-state index contributed by atoms with van der Waals surface area (Å²) in [6, 6.07) is 9.48. The monoisotopic (exact) mass is 440 g/mol. The number of benzene rings is 1. The van der Waals surface area contributed by atoms with Crippen molar-refractivity contribution < 1.29 is 9.11 Å². The third-order valence-electron chi connectivity index (χ3n) is 6.29. The van der Waals surface area contributed by atoms with Gasteiger partial charge in [-0.1, -0.05) is 12.8 Å². The van der Waals surface area contributed by atoms with Crippen LogP contribution in [0.25, 0.3) is 10.9 Å². The molecular weight excluding hydrogens is 416 g/mol. The first-order valence-corrected chi connectivity index (χ1v) is 11.8. The average molecular weight is 441 g/mol. The van der Waals surface area contributed by atoms with E-state index in [9.17, 15) is 19.2 Å². The summed E-state index contributed by atoms with van der Waals surface area (Å²) >= 11 is 0. The number of H-pyrrole nitrogens is 1. The maximum Gasteiger partial charge on any atom is 0.261 e. The Hall–Kier alpha value is -2.84. The summed E-state index contributed by atoms with van der Waals surface area (Å²) < 4.78 is 24.0. The van der Waals surface area contributed by atoms with Crippen molar-refractivity contribution in [2.45, 2.75) is 43.2 Å². The molecule has 10 heteroatoms. The van der Waals surface area contributed by atoms with E-state index in [4.69, 9.17) is 5.10 Å². The first kappa shape index (κ1) is 20.1. The van der Waals surface area contributed by atoms with Gasteiger partial charge in [0, 0.05) is 25.5 Å². The molecule has 9 nitrogen and oxygen atoms in total. The maximum atomic E-state index is 12.7. The molecule has 31 heavy (non-hydrogen) atoms. The number of nitrogens with zero attached hydrogens (tertiary/aromatic N) is 4. The van der Waals surface area contributed by atoms with Crippen LogP contribution in [0.1, 0.15) is 37.3 Å². The molecule has 2 atom stereocenters. The summed E-state index contributed by atoms with van der Waals surface area (Å²) in [5, 5.41) is 18.1. The van der Waals surface area contributed by atoms with E-state index in [2.05, 4.69) is 16.4 Å². The standard InChI is InChI=1S/C21H24N6O3S/c1-26-12-14-10-15(6-7-18(14)31(26,29)30)24-20-19-17(8-9-23-21(19)28)27(25-20)16-5-3-2-4-13(16)11-22/h6-10,13,16,29-30H,2-5,12H2,1H3,(H,23,28)(H,24,25)/t13-,16+/m1/s1. The molecule has 0 radical (unpaired) electrons. The lowest BCUT2D eigenvalue weighted by Gasteiger charge is -2.34. The van der Waals surface area contributed by atoms with E-state index in [1.165, 1.54) is 4.31 Å². The lowest BCUT2D eigenvalue weighted by molar-refractivity contribution is 0.277. The van der Waals surface area contributed by atoms with Crippen molar-refractivity contribution >= 4 is 33.2 Å². The summed E-state index contributed by atoms with van der Waals surface area (Å²) in [4.78, 5) is 15.9. The molecule has 0 spiro atoms. The molecule has 2 aliphatic rings. The van der Waals surface area contributed by atoms with E-state index in [1.807, 2.05) is 16.8 Å². The van der Waals surface area contributed by atoms with Crippen LogP contribution in [0.5, 0.6) is 0 Å². The second kappa shape index (κ2) is 7.39. The Labute approximate surface area is 180 Å². The van der Waals surface area contributed by atoms with E-state index < -0.39 is 10.8 Å². The fourth-order valence-electron chi connectivity index (χ4n) is 4.68. The average Bonchev–Trinajstić information content (AvgIpc) is 3.23. The molecule has 0 saturated heterocycles. The molecule has 0 amide bonds. The largest absolute Gasteiger partial charge is 0.338 e. The van der Waals surface area contributed by atoms with Gasteiger partial charge in [0.25, 0.3) is 5.56 Å². The molecule has 0 bridgehead atoms. The highest BCUT2D eigenvalue weighted by molar-refractivity contribution is 8.22. The second-order valence-corrected chi connectivity index (χ2v) is 10.3. The number of nitriles is 1. The summed E-state index contributed by atoms with van der Waals surface area (Å²) in [6.45, 7) is 0.425. The van der Waals surface area contributed by atoms with Crippen LogP contribution in [0.15, 0.2) is 40.2 Å². The quantitative estimate of drug-likeness (QED) is 0.480. The highest BCUT2D eigenvalue weighted by atomic mass is 32.3. The van der Waals surface area contributed by atoms with Gasteiger partial charge >= 0.3 is 0 Å². The van der Waals surface area contributed by atoms with E-state index >= 15 is 0 Å². The molecule has 3 heterocycles. The van der Waals surface area contributed by atoms with Crippen LogP contribution in [0.2, 0.25) is 0 Å². The number of aromatic amines is 1. The van der Waals surface area contributed by atoms with Gasteiger partial charge in [0.05, 0.1) is 28.4 Å². The van der Waals surface area contributed by atoms with Gasteiger partial charge in [-0.2, -0.15) is 10.4 Å². The van der Waals surface area contributed by atoms with Gasteiger partial charge in [-0.3, -0.25) is 18.6 Å². The molecule has 1 aliphatic heterocycles. The molecule has 5 rings (SSSR count). The molecule has 4 N–H and O–H groups in total. The molecule has 1 aromatic carbocycles. The smallest absolute Gasteiger partial charge is 0.261 e. The van der Waals surface area contributed by atoms with E-state index in [0.29, 0.717) is 33.8 Å². The Morgan fingerprint density at radius 2 is 2.10 bits per heavy atom. The van der Waals surface area contributed by atoms with Crippen molar-refractivity contribution in [2.75, 3.05) is 12.4 Å². The minimum Gasteiger partial charge on any atom is -0.338 e. The zero-order chi connectivity index (χ0) is 21.8. The van der Waals surface area contributed by atoms with Gasteiger partial charge < -0.3 is 10.3 Å². The van der Waals surface area contributed by atoms with Crippen molar-refractivity contribution in [3.63, 3.8) is 0 Å². The number of rotatable bonds is 3. The predicted octanol–water partition coefficient (Wildman–Crippen LogP) is 4.19. The summed E-state index contributed by atoms with van der Waals surface area (Å²) in [5.74, 6) is 0.293. The first-order valence-electron chi connectivity index (χ1n) is 10.3. The Balaban J connectivity index is 1.57. The Bertz CT molecular complexity index is 1260. The number of hydrogen-bond acceptors (Lipinski definition) is 7. The van der Waals surface area contributed by atoms with Crippen LogP contribution in [0.3, 0.4) is 0 Å². The Morgan fingerprint density at radius 3 is 2.90 bits per heavy atom. The molecule has 2 aromatic heterocycles. The van der Waals surface area contributed by atoms with Crippen LogP contribution in [0, 0.1) is 17.2 Å². The zero-order valence-electron chi connectivity index (χ0n) is 17.1. The van der Waals surface area contributed by atoms with Crippen molar-refractivity contribution in [3.05, 3.63) is 46.4 Å². The van der Waals surface area contributed by atoms with Crippen LogP contribution in [0.4, 0.5) is 11.5 Å². The molecule has 1 saturated carbocycles. The highest BCUT2D eigenvalue weighted by Crippen LogP contribution is 2.58. The van der Waals surface area contributed by atoms with Crippen LogP contribution in [-0.4, -0.2) is 35.2 Å². The SMILES string of the molecule is CN1Cc2cc(Nc3nn([C@H]4CCCC[C@@H]4C#N)c4cc[nH]c(=O)c34)ccc2S1(O)O. The normalized spacial score (nSPS) is 23.9. The molecule has 162 valence electrons. The molecule has 3 aromatic rings. The Morgan fingerprint density at radius 1 is 1.29 bits per heavy atom. The van der Waals surface area contributed by atoms with Gasteiger partial charge in [0.2, 0.25) is 0 Å². The Kier molecular flexibility index (Phi) is 4.79. The number of nitrogens with one attached hydrogen (secondary N) is 2. The zero-order valence-corrected chi connectivity index (χ0v) is 17.9. The third-order valence-corrected chi connectivity index (χ3v) is 8.27. The summed E-state index contributed by atoms with van der Waals surface area (Å²) in [6.07, 6.45) is 5.35. The third kappa shape index (κ3) is 3.21. The predicted molar refractivity (Wildman–Crippen MR) is 119 cm³/mol. The van der Waals surface area contributed by atoms with Gasteiger partial charge in [0.1, 0.15) is 5.39 Å². The second-order valence-electron chi connectivity index (χ2n) is 8.20. The fraction of sp³-hybridized carbons (Fsp3) is 0.381. The van der Waals surface area contributed by atoms with Gasteiger partial charge in [-0.05, 0) is 42.7 Å². The lowest BCUT2D eigenvalue weighted by atomic mass is 9.85.